The minimum Gasteiger partial charge on any atom is -0.372 e. The standard InChI is InChI=1S/C22H31N5O/c1-4-27(5-2)19-13-11-18(12-14-19)25-22-23-16(3)15-20(26-22)21(28)24-17-9-7-6-8-10-17/h11-15,17H,4-10H2,1-3H3,(H,24,28)(H,23,25,26). The molecule has 1 aromatic carbocycles. The number of aryl methyl sites for hydroxylation is 1. The highest BCUT2D eigenvalue weighted by molar-refractivity contribution is 5.92. The fraction of sp³-hybridized carbons (Fsp3) is 0.500. The van der Waals surface area contributed by atoms with Crippen LogP contribution in [0.2, 0.25) is 0 Å². The van der Waals surface area contributed by atoms with Gasteiger partial charge in [0, 0.05) is 36.2 Å². The molecular formula is C22H31N5O. The van der Waals surface area contributed by atoms with E-state index in [4.69, 9.17) is 0 Å². The van der Waals surface area contributed by atoms with E-state index >= 15 is 0 Å². The van der Waals surface area contributed by atoms with Gasteiger partial charge in [0.25, 0.3) is 5.91 Å². The monoisotopic (exact) mass is 381 g/mol. The largest absolute Gasteiger partial charge is 0.372 e. The Bertz CT molecular complexity index is 780. The van der Waals surface area contributed by atoms with E-state index in [-0.39, 0.29) is 11.9 Å². The fourth-order valence-corrected chi connectivity index (χ4v) is 3.72. The van der Waals surface area contributed by atoms with Gasteiger partial charge in [-0.2, -0.15) is 0 Å². The number of benzene rings is 1. The van der Waals surface area contributed by atoms with Gasteiger partial charge >= 0.3 is 0 Å². The lowest BCUT2D eigenvalue weighted by Crippen LogP contribution is -2.36. The summed E-state index contributed by atoms with van der Waals surface area (Å²) in [7, 11) is 0. The molecule has 0 atom stereocenters. The van der Waals surface area contributed by atoms with E-state index < -0.39 is 0 Å². The van der Waals surface area contributed by atoms with Gasteiger partial charge in [0.15, 0.2) is 0 Å². The Morgan fingerprint density at radius 3 is 2.39 bits per heavy atom. The molecule has 28 heavy (non-hydrogen) atoms. The molecule has 1 amide bonds. The zero-order chi connectivity index (χ0) is 19.9. The number of aromatic nitrogens is 2. The first-order chi connectivity index (χ1) is 13.6. The summed E-state index contributed by atoms with van der Waals surface area (Å²) in [4.78, 5) is 23.8. The van der Waals surface area contributed by atoms with Crippen molar-refractivity contribution >= 4 is 23.2 Å². The first kappa shape index (κ1) is 20.1. The molecule has 6 heteroatoms. The van der Waals surface area contributed by atoms with E-state index in [2.05, 4.69) is 51.5 Å². The highest BCUT2D eigenvalue weighted by Crippen LogP contribution is 2.21. The number of nitrogens with one attached hydrogen (secondary N) is 2. The Labute approximate surface area is 167 Å². The topological polar surface area (TPSA) is 70.2 Å². The summed E-state index contributed by atoms with van der Waals surface area (Å²) in [6, 6.07) is 10.2. The third-order valence-electron chi connectivity index (χ3n) is 5.28. The fourth-order valence-electron chi connectivity index (χ4n) is 3.72. The van der Waals surface area contributed by atoms with Crippen LogP contribution in [0.5, 0.6) is 0 Å². The van der Waals surface area contributed by atoms with Crippen molar-refractivity contribution in [1.82, 2.24) is 15.3 Å². The van der Waals surface area contributed by atoms with Gasteiger partial charge in [-0.15, -0.1) is 0 Å². The van der Waals surface area contributed by atoms with Gasteiger partial charge in [-0.25, -0.2) is 9.97 Å². The van der Waals surface area contributed by atoms with Crippen LogP contribution in [0.3, 0.4) is 0 Å². The second-order valence-electron chi connectivity index (χ2n) is 7.37. The van der Waals surface area contributed by atoms with E-state index in [9.17, 15) is 4.79 Å². The van der Waals surface area contributed by atoms with Crippen LogP contribution in [-0.2, 0) is 0 Å². The summed E-state index contributed by atoms with van der Waals surface area (Å²) in [5.41, 5.74) is 3.28. The Morgan fingerprint density at radius 1 is 1.07 bits per heavy atom. The molecule has 150 valence electrons. The zero-order valence-electron chi connectivity index (χ0n) is 17.2. The van der Waals surface area contributed by atoms with E-state index in [1.807, 2.05) is 19.1 Å². The van der Waals surface area contributed by atoms with Crippen molar-refractivity contribution < 1.29 is 4.79 Å². The lowest BCUT2D eigenvalue weighted by Gasteiger charge is -2.22. The van der Waals surface area contributed by atoms with Gasteiger partial charge in [0.05, 0.1) is 0 Å². The average Bonchev–Trinajstić information content (AvgIpc) is 2.70. The second-order valence-corrected chi connectivity index (χ2v) is 7.37. The van der Waals surface area contributed by atoms with Gasteiger partial charge in [0.1, 0.15) is 5.69 Å². The molecule has 2 N–H and O–H groups in total. The smallest absolute Gasteiger partial charge is 0.270 e. The van der Waals surface area contributed by atoms with Crippen LogP contribution >= 0.6 is 0 Å². The third kappa shape index (κ3) is 5.21. The molecule has 1 aromatic heterocycles. The SMILES string of the molecule is CCN(CC)c1ccc(Nc2nc(C)cc(C(=O)NC3CCCCC3)n2)cc1. The van der Waals surface area contributed by atoms with E-state index in [0.717, 1.165) is 37.3 Å². The number of carbonyl (C=O) groups excluding carboxylic acids is 1. The quantitative estimate of drug-likeness (QED) is 0.742. The summed E-state index contributed by atoms with van der Waals surface area (Å²) in [6.07, 6.45) is 5.74. The maximum atomic E-state index is 12.6. The number of amides is 1. The van der Waals surface area contributed by atoms with E-state index in [1.54, 1.807) is 6.07 Å². The van der Waals surface area contributed by atoms with Crippen molar-refractivity contribution in [2.45, 2.75) is 58.9 Å². The number of hydrogen-bond donors (Lipinski definition) is 2. The number of hydrogen-bond acceptors (Lipinski definition) is 5. The lowest BCUT2D eigenvalue weighted by atomic mass is 9.95. The van der Waals surface area contributed by atoms with Crippen LogP contribution in [-0.4, -0.2) is 35.0 Å². The maximum Gasteiger partial charge on any atom is 0.270 e. The van der Waals surface area contributed by atoms with Crippen molar-refractivity contribution in [1.29, 1.82) is 0 Å². The van der Waals surface area contributed by atoms with Crippen molar-refractivity contribution in [3.63, 3.8) is 0 Å². The molecule has 0 spiro atoms. The summed E-state index contributed by atoms with van der Waals surface area (Å²) >= 11 is 0. The van der Waals surface area contributed by atoms with Gasteiger partial charge in [-0.3, -0.25) is 4.79 Å². The van der Waals surface area contributed by atoms with E-state index in [1.165, 1.54) is 24.9 Å². The maximum absolute atomic E-state index is 12.6. The normalized spacial score (nSPS) is 14.5. The Balaban J connectivity index is 1.69. The van der Waals surface area contributed by atoms with Crippen LogP contribution in [0, 0.1) is 6.92 Å². The predicted octanol–water partition coefficient (Wildman–Crippen LogP) is 4.44. The minimum atomic E-state index is -0.114. The summed E-state index contributed by atoms with van der Waals surface area (Å²) < 4.78 is 0. The molecule has 2 aromatic rings. The van der Waals surface area contributed by atoms with Crippen molar-refractivity contribution in [3.8, 4) is 0 Å². The molecular weight excluding hydrogens is 350 g/mol. The first-order valence-corrected chi connectivity index (χ1v) is 10.4. The Kier molecular flexibility index (Phi) is 6.85. The summed E-state index contributed by atoms with van der Waals surface area (Å²) in [5, 5.41) is 6.35. The van der Waals surface area contributed by atoms with Gasteiger partial charge in [-0.05, 0) is 63.9 Å². The van der Waals surface area contributed by atoms with Crippen LogP contribution < -0.4 is 15.5 Å². The first-order valence-electron chi connectivity index (χ1n) is 10.4. The molecule has 1 heterocycles. The second kappa shape index (κ2) is 9.53. The minimum absolute atomic E-state index is 0.114. The molecule has 0 radical (unpaired) electrons. The molecule has 0 unspecified atom stereocenters. The van der Waals surface area contributed by atoms with E-state index in [0.29, 0.717) is 11.6 Å². The Hall–Kier alpha value is -2.63. The molecule has 0 bridgehead atoms. The van der Waals surface area contributed by atoms with Crippen LogP contribution in [0.15, 0.2) is 30.3 Å². The van der Waals surface area contributed by atoms with Crippen LogP contribution in [0.4, 0.5) is 17.3 Å². The van der Waals surface area contributed by atoms with Crippen molar-refractivity contribution in [3.05, 3.63) is 41.7 Å². The number of rotatable bonds is 7. The molecule has 1 saturated carbocycles. The molecule has 3 rings (SSSR count). The Morgan fingerprint density at radius 2 is 1.75 bits per heavy atom. The molecule has 0 saturated heterocycles. The highest BCUT2D eigenvalue weighted by Gasteiger charge is 2.18. The number of nitrogens with zero attached hydrogens (tertiary/aromatic N) is 3. The van der Waals surface area contributed by atoms with Gasteiger partial charge in [0.2, 0.25) is 5.95 Å². The van der Waals surface area contributed by atoms with Crippen molar-refractivity contribution in [2.24, 2.45) is 0 Å². The van der Waals surface area contributed by atoms with Crippen LogP contribution in [0.1, 0.15) is 62.1 Å². The van der Waals surface area contributed by atoms with Crippen LogP contribution in [0.25, 0.3) is 0 Å². The molecule has 0 aliphatic heterocycles. The summed E-state index contributed by atoms with van der Waals surface area (Å²) in [5.74, 6) is 0.335. The summed E-state index contributed by atoms with van der Waals surface area (Å²) in [6.45, 7) is 8.13. The molecule has 1 aliphatic rings. The molecule has 1 aliphatic carbocycles. The third-order valence-corrected chi connectivity index (χ3v) is 5.28. The lowest BCUT2D eigenvalue weighted by molar-refractivity contribution is 0.0922. The molecule has 6 nitrogen and oxygen atoms in total. The zero-order valence-corrected chi connectivity index (χ0v) is 17.2. The number of carbonyl (C=O) groups is 1. The molecule has 1 fully saturated rings. The number of anilines is 3. The average molecular weight is 382 g/mol. The highest BCUT2D eigenvalue weighted by atomic mass is 16.1. The van der Waals surface area contributed by atoms with Gasteiger partial charge in [-0.1, -0.05) is 19.3 Å². The van der Waals surface area contributed by atoms with Crippen molar-refractivity contribution in [2.75, 3.05) is 23.3 Å². The van der Waals surface area contributed by atoms with Gasteiger partial charge < -0.3 is 15.5 Å². The predicted molar refractivity (Wildman–Crippen MR) is 114 cm³/mol.